The van der Waals surface area contributed by atoms with Gasteiger partial charge in [0.15, 0.2) is 0 Å². The number of benzene rings is 1. The van der Waals surface area contributed by atoms with Crippen LogP contribution in [0.3, 0.4) is 0 Å². The molecule has 3 N–H and O–H groups in total. The molecule has 20 heavy (non-hydrogen) atoms. The molecule has 0 bridgehead atoms. The summed E-state index contributed by atoms with van der Waals surface area (Å²) >= 11 is 5.90. The summed E-state index contributed by atoms with van der Waals surface area (Å²) in [5.74, 6) is -0.358. The van der Waals surface area contributed by atoms with E-state index < -0.39 is 5.97 Å². The maximum absolute atomic E-state index is 11.8. The number of nitrogens with two attached hydrogens (primary N) is 1. The molecule has 0 heterocycles. The van der Waals surface area contributed by atoms with Gasteiger partial charge in [0.2, 0.25) is 5.91 Å². The van der Waals surface area contributed by atoms with Crippen LogP contribution in [0.15, 0.2) is 18.2 Å². The van der Waals surface area contributed by atoms with E-state index in [1.165, 1.54) is 13.2 Å². The summed E-state index contributed by atoms with van der Waals surface area (Å²) in [6.45, 7) is 2.55. The Morgan fingerprint density at radius 3 is 2.75 bits per heavy atom. The first-order chi connectivity index (χ1) is 9.47. The van der Waals surface area contributed by atoms with Crippen molar-refractivity contribution in [1.82, 2.24) is 0 Å². The minimum atomic E-state index is -0.539. The maximum atomic E-state index is 11.8. The summed E-state index contributed by atoms with van der Waals surface area (Å²) < 4.78 is 4.62. The third kappa shape index (κ3) is 4.83. The molecule has 1 aromatic rings. The first kappa shape index (κ1) is 16.5. The van der Waals surface area contributed by atoms with Gasteiger partial charge in [-0.15, -0.1) is 0 Å². The van der Waals surface area contributed by atoms with Crippen molar-refractivity contribution in [2.24, 2.45) is 11.7 Å². The van der Waals surface area contributed by atoms with Crippen molar-refractivity contribution < 1.29 is 14.3 Å². The highest BCUT2D eigenvalue weighted by Gasteiger charge is 2.12. The van der Waals surface area contributed by atoms with E-state index in [-0.39, 0.29) is 16.5 Å². The number of rotatable bonds is 6. The molecular weight excluding hydrogens is 280 g/mol. The molecular formula is C14H19ClN2O3. The average Bonchev–Trinajstić information content (AvgIpc) is 2.45. The number of hydrogen-bond acceptors (Lipinski definition) is 4. The molecule has 110 valence electrons. The predicted molar refractivity (Wildman–Crippen MR) is 78.9 cm³/mol. The molecule has 6 heteroatoms. The maximum Gasteiger partial charge on any atom is 0.339 e. The standard InChI is InChI=1S/C14H19ClN2O3/c1-9(8-16)3-6-13(18)17-10-4-5-12(15)11(7-10)14(19)20-2/h4-5,7,9H,3,6,8,16H2,1-2H3,(H,17,18). The summed E-state index contributed by atoms with van der Waals surface area (Å²) in [6.07, 6.45) is 1.11. The SMILES string of the molecule is COC(=O)c1cc(NC(=O)CCC(C)CN)ccc1Cl. The summed E-state index contributed by atoms with van der Waals surface area (Å²) in [7, 11) is 1.28. The lowest BCUT2D eigenvalue weighted by molar-refractivity contribution is -0.116. The van der Waals surface area contributed by atoms with Crippen LogP contribution in [0.4, 0.5) is 5.69 Å². The molecule has 0 aliphatic heterocycles. The van der Waals surface area contributed by atoms with Gasteiger partial charge in [0, 0.05) is 12.1 Å². The number of carbonyl (C=O) groups is 2. The molecule has 0 aromatic heterocycles. The second-order valence-corrected chi connectivity index (χ2v) is 5.02. The summed E-state index contributed by atoms with van der Waals surface area (Å²) in [4.78, 5) is 23.3. The van der Waals surface area contributed by atoms with Crippen LogP contribution in [-0.2, 0) is 9.53 Å². The van der Waals surface area contributed by atoms with Crippen LogP contribution in [0.5, 0.6) is 0 Å². The van der Waals surface area contributed by atoms with E-state index >= 15 is 0 Å². The Kier molecular flexibility index (Phi) is 6.48. The van der Waals surface area contributed by atoms with Crippen molar-refractivity contribution >= 4 is 29.2 Å². The number of carbonyl (C=O) groups excluding carboxylic acids is 2. The van der Waals surface area contributed by atoms with Gasteiger partial charge in [-0.05, 0) is 37.1 Å². The molecule has 1 atom stereocenters. The monoisotopic (exact) mass is 298 g/mol. The lowest BCUT2D eigenvalue weighted by Gasteiger charge is -2.10. The zero-order valence-electron chi connectivity index (χ0n) is 11.6. The average molecular weight is 299 g/mol. The quantitative estimate of drug-likeness (QED) is 0.790. The van der Waals surface area contributed by atoms with Crippen LogP contribution in [0.1, 0.15) is 30.1 Å². The zero-order valence-corrected chi connectivity index (χ0v) is 12.4. The molecule has 0 aliphatic carbocycles. The largest absolute Gasteiger partial charge is 0.465 e. The molecule has 0 aliphatic rings. The Hall–Kier alpha value is -1.59. The van der Waals surface area contributed by atoms with E-state index in [1.807, 2.05) is 6.92 Å². The van der Waals surface area contributed by atoms with Crippen molar-refractivity contribution in [3.8, 4) is 0 Å². The topological polar surface area (TPSA) is 81.4 Å². The molecule has 1 unspecified atom stereocenters. The van der Waals surface area contributed by atoms with E-state index in [4.69, 9.17) is 17.3 Å². The Balaban J connectivity index is 2.68. The smallest absolute Gasteiger partial charge is 0.339 e. The van der Waals surface area contributed by atoms with E-state index in [9.17, 15) is 9.59 Å². The fourth-order valence-electron chi connectivity index (χ4n) is 1.59. The highest BCUT2D eigenvalue weighted by atomic mass is 35.5. The van der Waals surface area contributed by atoms with Gasteiger partial charge in [0.1, 0.15) is 0 Å². The molecule has 1 rings (SSSR count). The molecule has 0 saturated carbocycles. The number of anilines is 1. The third-order valence-corrected chi connectivity index (χ3v) is 3.25. The number of halogens is 1. The molecule has 0 saturated heterocycles. The van der Waals surface area contributed by atoms with E-state index in [1.54, 1.807) is 12.1 Å². The van der Waals surface area contributed by atoms with Gasteiger partial charge in [0.25, 0.3) is 0 Å². The summed E-state index contributed by atoms with van der Waals surface area (Å²) in [5, 5.41) is 3.01. The predicted octanol–water partition coefficient (Wildman–Crippen LogP) is 2.44. The second-order valence-electron chi connectivity index (χ2n) is 4.61. The number of esters is 1. The number of ether oxygens (including phenoxy) is 1. The van der Waals surface area contributed by atoms with E-state index in [0.717, 1.165) is 6.42 Å². The van der Waals surface area contributed by atoms with Gasteiger partial charge < -0.3 is 15.8 Å². The van der Waals surface area contributed by atoms with Gasteiger partial charge in [-0.3, -0.25) is 4.79 Å². The van der Waals surface area contributed by atoms with Crippen molar-refractivity contribution in [1.29, 1.82) is 0 Å². The second kappa shape index (κ2) is 7.87. The highest BCUT2D eigenvalue weighted by molar-refractivity contribution is 6.33. The first-order valence-corrected chi connectivity index (χ1v) is 6.73. The van der Waals surface area contributed by atoms with E-state index in [2.05, 4.69) is 10.1 Å². The third-order valence-electron chi connectivity index (χ3n) is 2.92. The molecule has 5 nitrogen and oxygen atoms in total. The van der Waals surface area contributed by atoms with Crippen LogP contribution in [0.25, 0.3) is 0 Å². The molecule has 0 spiro atoms. The number of methoxy groups -OCH3 is 1. The number of amides is 1. The zero-order chi connectivity index (χ0) is 15.1. The fraction of sp³-hybridized carbons (Fsp3) is 0.429. The lowest BCUT2D eigenvalue weighted by Crippen LogP contribution is -2.16. The Morgan fingerprint density at radius 1 is 1.45 bits per heavy atom. The lowest BCUT2D eigenvalue weighted by atomic mass is 10.1. The van der Waals surface area contributed by atoms with Crippen LogP contribution >= 0.6 is 11.6 Å². The van der Waals surface area contributed by atoms with Crippen LogP contribution < -0.4 is 11.1 Å². The fourth-order valence-corrected chi connectivity index (χ4v) is 1.78. The molecule has 0 radical (unpaired) electrons. The Morgan fingerprint density at radius 2 is 2.15 bits per heavy atom. The van der Waals surface area contributed by atoms with Gasteiger partial charge in [-0.25, -0.2) is 4.79 Å². The number of nitrogens with one attached hydrogen (secondary N) is 1. The Bertz CT molecular complexity index is 491. The van der Waals surface area contributed by atoms with Crippen LogP contribution in [0.2, 0.25) is 5.02 Å². The van der Waals surface area contributed by atoms with E-state index in [0.29, 0.717) is 24.6 Å². The van der Waals surface area contributed by atoms with Crippen LogP contribution in [-0.4, -0.2) is 25.5 Å². The van der Waals surface area contributed by atoms with Gasteiger partial charge in [-0.1, -0.05) is 18.5 Å². The van der Waals surface area contributed by atoms with Crippen molar-refractivity contribution in [3.63, 3.8) is 0 Å². The number of hydrogen-bond donors (Lipinski definition) is 2. The first-order valence-electron chi connectivity index (χ1n) is 6.35. The highest BCUT2D eigenvalue weighted by Crippen LogP contribution is 2.21. The summed E-state index contributed by atoms with van der Waals surface area (Å²) in [6, 6.07) is 4.68. The minimum Gasteiger partial charge on any atom is -0.465 e. The normalized spacial score (nSPS) is 11.8. The molecule has 1 amide bonds. The molecule has 0 fully saturated rings. The van der Waals surface area contributed by atoms with Gasteiger partial charge in [0.05, 0.1) is 17.7 Å². The minimum absolute atomic E-state index is 0.122. The van der Waals surface area contributed by atoms with Crippen molar-refractivity contribution in [2.45, 2.75) is 19.8 Å². The van der Waals surface area contributed by atoms with Crippen LogP contribution in [0, 0.1) is 5.92 Å². The van der Waals surface area contributed by atoms with Crippen molar-refractivity contribution in [3.05, 3.63) is 28.8 Å². The van der Waals surface area contributed by atoms with Gasteiger partial charge in [-0.2, -0.15) is 0 Å². The summed E-state index contributed by atoms with van der Waals surface area (Å²) in [5.41, 5.74) is 6.24. The van der Waals surface area contributed by atoms with Gasteiger partial charge >= 0.3 is 5.97 Å². The molecule has 1 aromatic carbocycles. The Labute approximate surface area is 123 Å². The van der Waals surface area contributed by atoms with Crippen molar-refractivity contribution in [2.75, 3.05) is 19.0 Å².